The Bertz CT molecular complexity index is 1120. The highest BCUT2D eigenvalue weighted by Crippen LogP contribution is 2.22. The van der Waals surface area contributed by atoms with Gasteiger partial charge in [-0.1, -0.05) is 12.1 Å². The molecule has 3 aromatic rings. The first-order valence-corrected chi connectivity index (χ1v) is 9.58. The van der Waals surface area contributed by atoms with Gasteiger partial charge in [0.2, 0.25) is 0 Å². The van der Waals surface area contributed by atoms with Gasteiger partial charge in [0.05, 0.1) is 34.2 Å². The summed E-state index contributed by atoms with van der Waals surface area (Å²) in [5, 5.41) is 14.1. The molecule has 0 aliphatic heterocycles. The second kappa shape index (κ2) is 8.73. The molecule has 1 aromatic heterocycles. The van der Waals surface area contributed by atoms with Crippen molar-refractivity contribution in [2.75, 3.05) is 6.61 Å². The van der Waals surface area contributed by atoms with Crippen LogP contribution >= 0.6 is 0 Å². The molecule has 1 heterocycles. The predicted molar refractivity (Wildman–Crippen MR) is 110 cm³/mol. The van der Waals surface area contributed by atoms with Gasteiger partial charge in [-0.05, 0) is 39.0 Å². The van der Waals surface area contributed by atoms with Crippen molar-refractivity contribution in [2.24, 2.45) is 0 Å². The first-order chi connectivity index (χ1) is 14.3. The van der Waals surface area contributed by atoms with E-state index in [1.807, 2.05) is 35.8 Å². The highest BCUT2D eigenvalue weighted by atomic mass is 16.6. The quantitative estimate of drug-likeness (QED) is 0.361. The zero-order valence-electron chi connectivity index (χ0n) is 16.9. The molecule has 2 aromatic carbocycles. The Balaban J connectivity index is 1.92. The summed E-state index contributed by atoms with van der Waals surface area (Å²) in [6, 6.07) is 10.7. The van der Waals surface area contributed by atoms with Crippen molar-refractivity contribution in [1.82, 2.24) is 14.9 Å². The van der Waals surface area contributed by atoms with Crippen molar-refractivity contribution in [3.8, 4) is 0 Å². The zero-order valence-corrected chi connectivity index (χ0v) is 16.9. The Kier molecular flexibility index (Phi) is 6.10. The number of nitro benzene ring substituents is 1. The second-order valence-corrected chi connectivity index (χ2v) is 6.64. The molecule has 156 valence electrons. The number of ether oxygens (including phenoxy) is 1. The Morgan fingerprint density at radius 2 is 1.90 bits per heavy atom. The van der Waals surface area contributed by atoms with Gasteiger partial charge in [0.1, 0.15) is 5.82 Å². The van der Waals surface area contributed by atoms with Gasteiger partial charge in [0.15, 0.2) is 0 Å². The molecule has 0 aliphatic carbocycles. The maximum atomic E-state index is 12.8. The Morgan fingerprint density at radius 1 is 1.20 bits per heavy atom. The molecule has 30 heavy (non-hydrogen) atoms. The number of fused-ring (bicyclic) bond motifs is 1. The number of benzene rings is 2. The number of nitrogens with one attached hydrogen (secondary N) is 1. The lowest BCUT2D eigenvalue weighted by molar-refractivity contribution is -0.384. The molecule has 0 bridgehead atoms. The summed E-state index contributed by atoms with van der Waals surface area (Å²) in [5.41, 5.74) is 1.36. The first-order valence-electron chi connectivity index (χ1n) is 9.58. The van der Waals surface area contributed by atoms with Crippen molar-refractivity contribution < 1.29 is 19.2 Å². The lowest BCUT2D eigenvalue weighted by atomic mass is 10.1. The van der Waals surface area contributed by atoms with E-state index in [9.17, 15) is 19.7 Å². The molecular weight excluding hydrogens is 388 g/mol. The number of para-hydroxylation sites is 2. The normalized spacial score (nSPS) is 11.8. The fraction of sp³-hybridized carbons (Fsp3) is 0.286. The van der Waals surface area contributed by atoms with Gasteiger partial charge in [0, 0.05) is 24.2 Å². The van der Waals surface area contributed by atoms with Gasteiger partial charge >= 0.3 is 5.97 Å². The van der Waals surface area contributed by atoms with Crippen molar-refractivity contribution in [1.29, 1.82) is 0 Å². The average molecular weight is 410 g/mol. The fourth-order valence-electron chi connectivity index (χ4n) is 3.28. The maximum absolute atomic E-state index is 12.8. The Morgan fingerprint density at radius 3 is 2.57 bits per heavy atom. The molecule has 9 nitrogen and oxygen atoms in total. The summed E-state index contributed by atoms with van der Waals surface area (Å²) >= 11 is 0. The number of amides is 1. The van der Waals surface area contributed by atoms with E-state index in [2.05, 4.69) is 10.3 Å². The lowest BCUT2D eigenvalue weighted by Gasteiger charge is -2.15. The summed E-state index contributed by atoms with van der Waals surface area (Å²) in [5.74, 6) is -0.606. The molecule has 0 fully saturated rings. The minimum atomic E-state index is -0.726. The fourth-order valence-corrected chi connectivity index (χ4v) is 3.28. The van der Waals surface area contributed by atoms with Gasteiger partial charge < -0.3 is 14.6 Å². The zero-order chi connectivity index (χ0) is 21.8. The number of rotatable bonds is 7. The van der Waals surface area contributed by atoms with Gasteiger partial charge in [0.25, 0.3) is 11.6 Å². The SMILES string of the molecule is CCOC(=O)c1cc(C(=O)NC(C)c2nc3ccccc3n2CC)cc([N+](=O)[O-])c1. The molecule has 1 atom stereocenters. The van der Waals surface area contributed by atoms with E-state index in [4.69, 9.17) is 4.74 Å². The van der Waals surface area contributed by atoms with E-state index in [0.717, 1.165) is 23.2 Å². The standard InChI is InChI=1S/C21H22N4O5/c1-4-24-18-9-7-6-8-17(18)23-19(24)13(3)22-20(26)14-10-15(21(27)30-5-2)12-16(11-14)25(28)29/h6-13H,4-5H2,1-3H3,(H,22,26). The number of nitro groups is 1. The number of aryl methyl sites for hydroxylation is 1. The summed E-state index contributed by atoms with van der Waals surface area (Å²) in [7, 11) is 0. The molecule has 3 rings (SSSR count). The van der Waals surface area contributed by atoms with Crippen LogP contribution in [0.4, 0.5) is 5.69 Å². The molecule has 0 radical (unpaired) electrons. The van der Waals surface area contributed by atoms with Crippen LogP contribution in [0.25, 0.3) is 11.0 Å². The number of nitrogens with zero attached hydrogens (tertiary/aromatic N) is 3. The minimum absolute atomic E-state index is 0.00161. The summed E-state index contributed by atoms with van der Waals surface area (Å²) in [6.07, 6.45) is 0. The number of imidazole rings is 1. The Hall–Kier alpha value is -3.75. The van der Waals surface area contributed by atoms with Crippen LogP contribution in [-0.4, -0.2) is 33.0 Å². The molecule has 0 saturated carbocycles. The van der Waals surface area contributed by atoms with Crippen LogP contribution in [0.5, 0.6) is 0 Å². The molecule has 1 N–H and O–H groups in total. The number of carbonyl (C=O) groups is 2. The number of carbonyl (C=O) groups excluding carboxylic acids is 2. The van der Waals surface area contributed by atoms with Crippen molar-refractivity contribution >= 4 is 28.6 Å². The van der Waals surface area contributed by atoms with Crippen LogP contribution in [-0.2, 0) is 11.3 Å². The highest BCUT2D eigenvalue weighted by molar-refractivity contribution is 5.99. The van der Waals surface area contributed by atoms with Gasteiger partial charge in [-0.15, -0.1) is 0 Å². The predicted octanol–water partition coefficient (Wildman–Crippen LogP) is 3.63. The average Bonchev–Trinajstić information content (AvgIpc) is 3.12. The second-order valence-electron chi connectivity index (χ2n) is 6.64. The van der Waals surface area contributed by atoms with Crippen LogP contribution in [0.2, 0.25) is 0 Å². The van der Waals surface area contributed by atoms with Crippen LogP contribution in [0, 0.1) is 10.1 Å². The highest BCUT2D eigenvalue weighted by Gasteiger charge is 2.22. The molecule has 0 spiro atoms. The van der Waals surface area contributed by atoms with E-state index >= 15 is 0 Å². The maximum Gasteiger partial charge on any atom is 0.338 e. The molecule has 0 saturated heterocycles. The van der Waals surface area contributed by atoms with E-state index in [-0.39, 0.29) is 23.4 Å². The number of aromatic nitrogens is 2. The van der Waals surface area contributed by atoms with Crippen LogP contribution in [0.15, 0.2) is 42.5 Å². The number of hydrogen-bond acceptors (Lipinski definition) is 6. The van der Waals surface area contributed by atoms with E-state index in [1.54, 1.807) is 13.8 Å². The third kappa shape index (κ3) is 4.14. The van der Waals surface area contributed by atoms with Gasteiger partial charge in [-0.3, -0.25) is 14.9 Å². The number of esters is 1. The van der Waals surface area contributed by atoms with Gasteiger partial charge in [-0.2, -0.15) is 0 Å². The Labute approximate surface area is 172 Å². The van der Waals surface area contributed by atoms with Crippen molar-refractivity contribution in [3.05, 3.63) is 69.5 Å². The summed E-state index contributed by atoms with van der Waals surface area (Å²) < 4.78 is 6.90. The third-order valence-electron chi connectivity index (χ3n) is 4.64. The largest absolute Gasteiger partial charge is 0.462 e. The van der Waals surface area contributed by atoms with Crippen LogP contribution in [0.1, 0.15) is 53.4 Å². The first kappa shape index (κ1) is 21.0. The van der Waals surface area contributed by atoms with Crippen molar-refractivity contribution in [2.45, 2.75) is 33.4 Å². The van der Waals surface area contributed by atoms with Crippen LogP contribution < -0.4 is 5.32 Å². The topological polar surface area (TPSA) is 116 Å². The minimum Gasteiger partial charge on any atom is -0.462 e. The third-order valence-corrected chi connectivity index (χ3v) is 4.64. The van der Waals surface area contributed by atoms with Crippen LogP contribution in [0.3, 0.4) is 0 Å². The molecule has 1 unspecified atom stereocenters. The van der Waals surface area contributed by atoms with Crippen molar-refractivity contribution in [3.63, 3.8) is 0 Å². The molecule has 0 aliphatic rings. The molecule has 9 heteroatoms. The smallest absolute Gasteiger partial charge is 0.338 e. The van der Waals surface area contributed by atoms with E-state index in [0.29, 0.717) is 12.4 Å². The summed E-state index contributed by atoms with van der Waals surface area (Å²) in [4.78, 5) is 40.1. The monoisotopic (exact) mass is 410 g/mol. The molecule has 1 amide bonds. The number of hydrogen-bond donors (Lipinski definition) is 1. The molecular formula is C21H22N4O5. The van der Waals surface area contributed by atoms with E-state index < -0.39 is 22.8 Å². The van der Waals surface area contributed by atoms with Gasteiger partial charge in [-0.25, -0.2) is 9.78 Å². The van der Waals surface area contributed by atoms with E-state index in [1.165, 1.54) is 6.07 Å². The number of non-ortho nitro benzene ring substituents is 1. The lowest BCUT2D eigenvalue weighted by Crippen LogP contribution is -2.29. The summed E-state index contributed by atoms with van der Waals surface area (Å²) in [6.45, 7) is 6.19.